The maximum absolute atomic E-state index is 12.7. The number of hydrogen-bond donors (Lipinski definition) is 2. The molecule has 2 N–H and O–H groups in total. The average molecular weight is 353 g/mol. The van der Waals surface area contributed by atoms with E-state index in [9.17, 15) is 22.8 Å². The molecule has 0 spiro atoms. The lowest BCUT2D eigenvalue weighted by molar-refractivity contribution is -0.145. The molecule has 0 aliphatic heterocycles. The topological polar surface area (TPSA) is 92.2 Å². The molecule has 1 heterocycles. The number of alkyl halides is 3. The Hall–Kier alpha value is -2.97. The van der Waals surface area contributed by atoms with Crippen molar-refractivity contribution in [2.24, 2.45) is 0 Å². The largest absolute Gasteiger partial charge is 0.481 e. The molecule has 25 heavy (non-hydrogen) atoms. The van der Waals surface area contributed by atoms with Crippen molar-refractivity contribution in [1.29, 1.82) is 0 Å². The minimum atomic E-state index is -4.74. The summed E-state index contributed by atoms with van der Waals surface area (Å²) < 4.78 is 38.1. The third-order valence-electron chi connectivity index (χ3n) is 3.18. The lowest BCUT2D eigenvalue weighted by Gasteiger charge is -2.09. The van der Waals surface area contributed by atoms with Gasteiger partial charge in [-0.1, -0.05) is 12.1 Å². The highest BCUT2D eigenvalue weighted by atomic mass is 19.4. The van der Waals surface area contributed by atoms with Gasteiger partial charge >= 0.3 is 12.1 Å². The van der Waals surface area contributed by atoms with Crippen molar-refractivity contribution in [3.63, 3.8) is 0 Å². The number of amides is 1. The molecule has 2 aromatic rings. The zero-order valence-electron chi connectivity index (χ0n) is 13.1. The Morgan fingerprint density at radius 1 is 1.16 bits per heavy atom. The molecule has 9 heteroatoms. The van der Waals surface area contributed by atoms with E-state index in [4.69, 9.17) is 5.11 Å². The zero-order chi connectivity index (χ0) is 18.6. The second-order valence-electron chi connectivity index (χ2n) is 5.26. The summed E-state index contributed by atoms with van der Waals surface area (Å²) in [5, 5.41) is 11.1. The quantitative estimate of drug-likeness (QED) is 0.862. The van der Waals surface area contributed by atoms with Crippen molar-refractivity contribution in [3.05, 3.63) is 53.1 Å². The maximum atomic E-state index is 12.7. The van der Waals surface area contributed by atoms with Crippen LogP contribution in [-0.4, -0.2) is 27.0 Å². The number of nitrogens with one attached hydrogen (secondary N) is 1. The minimum Gasteiger partial charge on any atom is -0.481 e. The summed E-state index contributed by atoms with van der Waals surface area (Å²) in [5.74, 6) is -3.09. The third kappa shape index (κ3) is 5.27. The average Bonchev–Trinajstić information content (AvgIpc) is 2.52. The highest BCUT2D eigenvalue weighted by Gasteiger charge is 2.35. The zero-order valence-corrected chi connectivity index (χ0v) is 13.1. The first-order valence-electron chi connectivity index (χ1n) is 7.20. The summed E-state index contributed by atoms with van der Waals surface area (Å²) in [7, 11) is 0. The molecule has 0 fully saturated rings. The van der Waals surface area contributed by atoms with Crippen LogP contribution in [0.3, 0.4) is 0 Å². The van der Waals surface area contributed by atoms with Crippen LogP contribution in [-0.2, 0) is 17.4 Å². The van der Waals surface area contributed by atoms with E-state index in [0.717, 1.165) is 11.6 Å². The number of aryl methyl sites for hydroxylation is 2. The number of carbonyl (C=O) groups is 2. The van der Waals surface area contributed by atoms with Crippen LogP contribution in [0.25, 0.3) is 0 Å². The molecule has 0 radical (unpaired) electrons. The highest BCUT2D eigenvalue weighted by molar-refractivity contribution is 6.02. The number of carboxylic acid groups (broad SMARTS) is 1. The second-order valence-corrected chi connectivity index (χ2v) is 5.26. The molecule has 1 aromatic carbocycles. The van der Waals surface area contributed by atoms with Gasteiger partial charge in [0.25, 0.3) is 5.91 Å². The summed E-state index contributed by atoms with van der Waals surface area (Å²) >= 11 is 0. The highest BCUT2D eigenvalue weighted by Crippen LogP contribution is 2.26. The summed E-state index contributed by atoms with van der Waals surface area (Å²) in [6.07, 6.45) is -4.43. The van der Waals surface area contributed by atoms with E-state index in [1.165, 1.54) is 19.1 Å². The molecule has 0 saturated carbocycles. The van der Waals surface area contributed by atoms with E-state index in [-0.39, 0.29) is 12.1 Å². The normalized spacial score (nSPS) is 11.2. The van der Waals surface area contributed by atoms with Crippen molar-refractivity contribution in [1.82, 2.24) is 9.97 Å². The predicted octanol–water partition coefficient (Wildman–Crippen LogP) is 3.07. The standard InChI is InChI=1S/C16H14F3N3O3/c1-9-8-12(22-15(20-9)16(17,18)19)14(25)21-11-5-2-10(3-6-11)4-7-13(23)24/h2-3,5-6,8H,4,7H2,1H3,(H,21,25)(H,23,24). The molecule has 0 bridgehead atoms. The number of hydrogen-bond acceptors (Lipinski definition) is 4. The molecule has 0 saturated heterocycles. The Morgan fingerprint density at radius 2 is 1.80 bits per heavy atom. The van der Waals surface area contributed by atoms with Crippen molar-refractivity contribution >= 4 is 17.6 Å². The second kappa shape index (κ2) is 7.29. The van der Waals surface area contributed by atoms with Crippen LogP contribution in [0.2, 0.25) is 0 Å². The maximum Gasteiger partial charge on any atom is 0.451 e. The monoisotopic (exact) mass is 353 g/mol. The van der Waals surface area contributed by atoms with Crippen LogP contribution < -0.4 is 5.32 Å². The Labute approximate surface area is 140 Å². The van der Waals surface area contributed by atoms with Gasteiger partial charge in [0.1, 0.15) is 5.69 Å². The van der Waals surface area contributed by atoms with Crippen molar-refractivity contribution < 1.29 is 27.9 Å². The van der Waals surface area contributed by atoms with Gasteiger partial charge in [-0.25, -0.2) is 9.97 Å². The van der Waals surface area contributed by atoms with Crippen LogP contribution in [0.4, 0.5) is 18.9 Å². The number of halogens is 3. The third-order valence-corrected chi connectivity index (χ3v) is 3.18. The fraction of sp³-hybridized carbons (Fsp3) is 0.250. The molecule has 0 unspecified atom stereocenters. The summed E-state index contributed by atoms with van der Waals surface area (Å²) in [6.45, 7) is 1.34. The molecule has 0 aliphatic carbocycles. The molecule has 6 nitrogen and oxygen atoms in total. The number of rotatable bonds is 5. The summed E-state index contributed by atoms with van der Waals surface area (Å²) in [5.41, 5.74) is 0.748. The molecule has 2 rings (SSSR count). The van der Waals surface area contributed by atoms with Crippen LogP contribution in [0.1, 0.15) is 34.0 Å². The number of benzene rings is 1. The SMILES string of the molecule is Cc1cc(C(=O)Nc2ccc(CCC(=O)O)cc2)nc(C(F)(F)F)n1. The molecule has 1 amide bonds. The van der Waals surface area contributed by atoms with Gasteiger partial charge in [-0.15, -0.1) is 0 Å². The van der Waals surface area contributed by atoms with Gasteiger partial charge in [0.05, 0.1) is 0 Å². The lowest BCUT2D eigenvalue weighted by Crippen LogP contribution is -2.19. The van der Waals surface area contributed by atoms with Crippen LogP contribution in [0.5, 0.6) is 0 Å². The Kier molecular flexibility index (Phi) is 5.35. The van der Waals surface area contributed by atoms with Gasteiger partial charge in [0.2, 0.25) is 5.82 Å². The van der Waals surface area contributed by atoms with Crippen molar-refractivity contribution in [2.45, 2.75) is 25.9 Å². The molecular formula is C16H14F3N3O3. The van der Waals surface area contributed by atoms with Crippen LogP contribution in [0.15, 0.2) is 30.3 Å². The Bertz CT molecular complexity index is 789. The van der Waals surface area contributed by atoms with Crippen molar-refractivity contribution in [2.75, 3.05) is 5.32 Å². The van der Waals surface area contributed by atoms with Gasteiger partial charge < -0.3 is 10.4 Å². The molecule has 1 aromatic heterocycles. The van der Waals surface area contributed by atoms with E-state index in [1.807, 2.05) is 0 Å². The van der Waals surface area contributed by atoms with Crippen molar-refractivity contribution in [3.8, 4) is 0 Å². The number of anilines is 1. The number of aliphatic carboxylic acids is 1. The van der Waals surface area contributed by atoms with Crippen LogP contribution >= 0.6 is 0 Å². The molecule has 132 valence electrons. The van der Waals surface area contributed by atoms with E-state index in [1.54, 1.807) is 12.1 Å². The molecular weight excluding hydrogens is 339 g/mol. The smallest absolute Gasteiger partial charge is 0.451 e. The first-order valence-corrected chi connectivity index (χ1v) is 7.20. The number of aromatic nitrogens is 2. The van der Waals surface area contributed by atoms with Gasteiger partial charge in [-0.2, -0.15) is 13.2 Å². The van der Waals surface area contributed by atoms with Gasteiger partial charge in [0.15, 0.2) is 0 Å². The summed E-state index contributed by atoms with van der Waals surface area (Å²) in [6, 6.07) is 7.49. The van der Waals surface area contributed by atoms with E-state index in [2.05, 4.69) is 15.3 Å². The van der Waals surface area contributed by atoms with E-state index >= 15 is 0 Å². The molecule has 0 aliphatic rings. The van der Waals surface area contributed by atoms with Gasteiger partial charge in [-0.3, -0.25) is 9.59 Å². The van der Waals surface area contributed by atoms with E-state index in [0.29, 0.717) is 12.1 Å². The number of carboxylic acids is 1. The first kappa shape index (κ1) is 18.4. The lowest BCUT2D eigenvalue weighted by atomic mass is 10.1. The van der Waals surface area contributed by atoms with Gasteiger partial charge in [0, 0.05) is 17.8 Å². The molecule has 0 atom stereocenters. The first-order chi connectivity index (χ1) is 11.6. The Balaban J connectivity index is 2.12. The number of nitrogens with zero attached hydrogens (tertiary/aromatic N) is 2. The van der Waals surface area contributed by atoms with E-state index < -0.39 is 29.6 Å². The fourth-order valence-corrected chi connectivity index (χ4v) is 2.01. The summed E-state index contributed by atoms with van der Waals surface area (Å²) in [4.78, 5) is 29.1. The minimum absolute atomic E-state index is 0.0217. The number of carbonyl (C=O) groups excluding carboxylic acids is 1. The fourth-order valence-electron chi connectivity index (χ4n) is 2.01. The predicted molar refractivity (Wildman–Crippen MR) is 82.1 cm³/mol. The Morgan fingerprint density at radius 3 is 2.36 bits per heavy atom. The van der Waals surface area contributed by atoms with Crippen LogP contribution in [0, 0.1) is 6.92 Å². The van der Waals surface area contributed by atoms with Gasteiger partial charge in [-0.05, 0) is 37.1 Å².